The van der Waals surface area contributed by atoms with Crippen molar-refractivity contribution in [2.24, 2.45) is 0 Å². The van der Waals surface area contributed by atoms with E-state index in [0.717, 1.165) is 22.3 Å². The van der Waals surface area contributed by atoms with Crippen molar-refractivity contribution < 1.29 is 14.3 Å². The van der Waals surface area contributed by atoms with Crippen LogP contribution in [0.15, 0.2) is 48.5 Å². The number of ether oxygens (including phenoxy) is 1. The van der Waals surface area contributed by atoms with Crippen LogP contribution in [0.3, 0.4) is 0 Å². The molecule has 2 aromatic carbocycles. The van der Waals surface area contributed by atoms with Crippen LogP contribution in [-0.2, 0) is 9.59 Å². The molecule has 0 aliphatic heterocycles. The molecule has 2 rings (SSSR count). The van der Waals surface area contributed by atoms with Gasteiger partial charge in [-0.15, -0.1) is 0 Å². The van der Waals surface area contributed by atoms with Crippen molar-refractivity contribution >= 4 is 17.9 Å². The van der Waals surface area contributed by atoms with Crippen molar-refractivity contribution in [2.45, 2.75) is 33.8 Å². The summed E-state index contributed by atoms with van der Waals surface area (Å²) in [4.78, 5) is 24.0. The SMILES string of the molecule is Cc1ccccc1/C=C/C(=O)NNC(=O)[C@H](C)Oc1cccc(C)c1C. The van der Waals surface area contributed by atoms with E-state index in [0.29, 0.717) is 5.75 Å². The van der Waals surface area contributed by atoms with Crippen LogP contribution in [0.1, 0.15) is 29.2 Å². The Bertz CT molecular complexity index is 828. The predicted molar refractivity (Wildman–Crippen MR) is 103 cm³/mol. The zero-order valence-electron chi connectivity index (χ0n) is 15.5. The molecule has 0 spiro atoms. The van der Waals surface area contributed by atoms with Crippen LogP contribution in [0.4, 0.5) is 0 Å². The van der Waals surface area contributed by atoms with E-state index in [-0.39, 0.29) is 0 Å². The fourth-order valence-corrected chi connectivity index (χ4v) is 2.30. The second kappa shape index (κ2) is 8.85. The van der Waals surface area contributed by atoms with E-state index in [1.165, 1.54) is 6.08 Å². The summed E-state index contributed by atoms with van der Waals surface area (Å²) in [7, 11) is 0. The Morgan fingerprint density at radius 3 is 2.38 bits per heavy atom. The molecule has 2 aromatic rings. The van der Waals surface area contributed by atoms with Crippen LogP contribution in [-0.4, -0.2) is 17.9 Å². The van der Waals surface area contributed by atoms with Gasteiger partial charge in [0.05, 0.1) is 0 Å². The van der Waals surface area contributed by atoms with Crippen LogP contribution in [0.25, 0.3) is 6.08 Å². The second-order valence-electron chi connectivity index (χ2n) is 6.13. The lowest BCUT2D eigenvalue weighted by Crippen LogP contribution is -2.46. The van der Waals surface area contributed by atoms with Crippen LogP contribution in [0, 0.1) is 20.8 Å². The van der Waals surface area contributed by atoms with Gasteiger partial charge in [0.15, 0.2) is 6.10 Å². The Hall–Kier alpha value is -3.08. The molecule has 0 aliphatic rings. The Balaban J connectivity index is 1.86. The normalized spacial score (nSPS) is 11.8. The average molecular weight is 352 g/mol. The predicted octanol–water partition coefficient (Wildman–Crippen LogP) is 3.24. The summed E-state index contributed by atoms with van der Waals surface area (Å²) in [5.41, 5.74) is 8.81. The molecule has 0 unspecified atom stereocenters. The molecule has 0 aromatic heterocycles. The molecule has 136 valence electrons. The van der Waals surface area contributed by atoms with Gasteiger partial charge in [0.25, 0.3) is 11.8 Å². The van der Waals surface area contributed by atoms with E-state index in [9.17, 15) is 9.59 Å². The molecular formula is C21H24N2O3. The summed E-state index contributed by atoms with van der Waals surface area (Å²) in [5.74, 6) is -0.192. The lowest BCUT2D eigenvalue weighted by atomic mass is 10.1. The van der Waals surface area contributed by atoms with Crippen LogP contribution >= 0.6 is 0 Å². The highest BCUT2D eigenvalue weighted by atomic mass is 16.5. The molecule has 0 bridgehead atoms. The van der Waals surface area contributed by atoms with E-state index in [1.54, 1.807) is 13.0 Å². The van der Waals surface area contributed by atoms with E-state index in [4.69, 9.17) is 4.74 Å². The highest BCUT2D eigenvalue weighted by molar-refractivity contribution is 5.93. The van der Waals surface area contributed by atoms with Gasteiger partial charge in [0.2, 0.25) is 0 Å². The van der Waals surface area contributed by atoms with Crippen molar-refractivity contribution in [3.05, 3.63) is 70.8 Å². The molecule has 5 nitrogen and oxygen atoms in total. The maximum atomic E-state index is 12.1. The molecule has 2 amide bonds. The molecule has 5 heteroatoms. The fraction of sp³-hybridized carbons (Fsp3) is 0.238. The monoisotopic (exact) mass is 352 g/mol. The van der Waals surface area contributed by atoms with E-state index >= 15 is 0 Å². The number of aryl methyl sites for hydroxylation is 2. The first-order chi connectivity index (χ1) is 12.4. The number of carbonyl (C=O) groups excluding carboxylic acids is 2. The van der Waals surface area contributed by atoms with Crippen molar-refractivity contribution in [2.75, 3.05) is 0 Å². The van der Waals surface area contributed by atoms with Gasteiger partial charge in [-0.2, -0.15) is 0 Å². The molecule has 0 heterocycles. The van der Waals surface area contributed by atoms with E-state index < -0.39 is 17.9 Å². The third-order valence-corrected chi connectivity index (χ3v) is 4.14. The Labute approximate surface area is 154 Å². The zero-order chi connectivity index (χ0) is 19.1. The molecule has 0 aliphatic carbocycles. The number of amides is 2. The largest absolute Gasteiger partial charge is 0.481 e. The van der Waals surface area contributed by atoms with Gasteiger partial charge in [-0.25, -0.2) is 0 Å². The first kappa shape index (κ1) is 19.2. The number of hydrogen-bond acceptors (Lipinski definition) is 3. The summed E-state index contributed by atoms with van der Waals surface area (Å²) in [6.45, 7) is 7.51. The summed E-state index contributed by atoms with van der Waals surface area (Å²) in [6.07, 6.45) is 2.34. The van der Waals surface area contributed by atoms with Gasteiger partial charge < -0.3 is 4.74 Å². The minimum Gasteiger partial charge on any atom is -0.481 e. The number of benzene rings is 2. The Kier molecular flexibility index (Phi) is 6.55. The van der Waals surface area contributed by atoms with Gasteiger partial charge in [0, 0.05) is 6.08 Å². The third-order valence-electron chi connectivity index (χ3n) is 4.14. The lowest BCUT2D eigenvalue weighted by Gasteiger charge is -2.17. The third kappa shape index (κ3) is 5.21. The number of hydrogen-bond donors (Lipinski definition) is 2. The molecule has 26 heavy (non-hydrogen) atoms. The van der Waals surface area contributed by atoms with E-state index in [2.05, 4.69) is 10.9 Å². The van der Waals surface area contributed by atoms with Gasteiger partial charge in [0.1, 0.15) is 5.75 Å². The van der Waals surface area contributed by atoms with Gasteiger partial charge >= 0.3 is 0 Å². The number of carbonyl (C=O) groups is 2. The Morgan fingerprint density at radius 2 is 1.65 bits per heavy atom. The Morgan fingerprint density at radius 1 is 0.962 bits per heavy atom. The highest BCUT2D eigenvalue weighted by Gasteiger charge is 2.16. The van der Waals surface area contributed by atoms with Crippen LogP contribution in [0.5, 0.6) is 5.75 Å². The average Bonchev–Trinajstić information content (AvgIpc) is 2.62. The molecule has 0 fully saturated rings. The minimum absolute atomic E-state index is 0.416. The maximum Gasteiger partial charge on any atom is 0.279 e. The second-order valence-corrected chi connectivity index (χ2v) is 6.13. The number of rotatable bonds is 5. The standard InChI is InChI=1S/C21H24N2O3/c1-14-9-7-11-19(16(14)3)26-17(4)21(25)23-22-20(24)13-12-18-10-6-5-8-15(18)2/h5-13,17H,1-4H3,(H,22,24)(H,23,25)/b13-12+/t17-/m0/s1. The smallest absolute Gasteiger partial charge is 0.279 e. The van der Waals surface area contributed by atoms with Gasteiger partial charge in [-0.05, 0) is 62.1 Å². The quantitative estimate of drug-likeness (QED) is 0.641. The number of nitrogens with one attached hydrogen (secondary N) is 2. The molecule has 2 N–H and O–H groups in total. The minimum atomic E-state index is -0.740. The molecular weight excluding hydrogens is 328 g/mol. The van der Waals surface area contributed by atoms with Crippen LogP contribution in [0.2, 0.25) is 0 Å². The molecule has 0 saturated carbocycles. The topological polar surface area (TPSA) is 67.4 Å². The molecule has 0 radical (unpaired) electrons. The maximum absolute atomic E-state index is 12.1. The van der Waals surface area contributed by atoms with Gasteiger partial charge in [-0.3, -0.25) is 20.4 Å². The first-order valence-electron chi connectivity index (χ1n) is 8.45. The molecule has 0 saturated heterocycles. The molecule has 1 atom stereocenters. The van der Waals surface area contributed by atoms with Crippen molar-refractivity contribution in [1.82, 2.24) is 10.9 Å². The lowest BCUT2D eigenvalue weighted by molar-refractivity contribution is -0.131. The summed E-state index contributed by atoms with van der Waals surface area (Å²) >= 11 is 0. The summed E-state index contributed by atoms with van der Waals surface area (Å²) in [5, 5.41) is 0. The first-order valence-corrected chi connectivity index (χ1v) is 8.45. The van der Waals surface area contributed by atoms with Crippen molar-refractivity contribution in [3.63, 3.8) is 0 Å². The number of hydrazine groups is 1. The zero-order valence-corrected chi connectivity index (χ0v) is 15.5. The van der Waals surface area contributed by atoms with E-state index in [1.807, 2.05) is 63.2 Å². The summed E-state index contributed by atoms with van der Waals surface area (Å²) in [6, 6.07) is 13.4. The van der Waals surface area contributed by atoms with Crippen molar-refractivity contribution in [3.8, 4) is 5.75 Å². The fourth-order valence-electron chi connectivity index (χ4n) is 2.30. The van der Waals surface area contributed by atoms with Crippen molar-refractivity contribution in [1.29, 1.82) is 0 Å². The van der Waals surface area contributed by atoms with Gasteiger partial charge in [-0.1, -0.05) is 36.4 Å². The summed E-state index contributed by atoms with van der Waals surface area (Å²) < 4.78 is 5.68. The van der Waals surface area contributed by atoms with Crippen LogP contribution < -0.4 is 15.6 Å². The highest BCUT2D eigenvalue weighted by Crippen LogP contribution is 2.21.